The fourth-order valence-corrected chi connectivity index (χ4v) is 2.78. The summed E-state index contributed by atoms with van der Waals surface area (Å²) in [7, 11) is 0. The lowest BCUT2D eigenvalue weighted by Gasteiger charge is -2.24. The predicted octanol–water partition coefficient (Wildman–Crippen LogP) is 1.84. The summed E-state index contributed by atoms with van der Waals surface area (Å²) in [5.74, 6) is -0.341. The summed E-state index contributed by atoms with van der Waals surface area (Å²) < 4.78 is 5.05. The molecule has 0 saturated carbocycles. The summed E-state index contributed by atoms with van der Waals surface area (Å²) in [6, 6.07) is 9.55. The number of benzene rings is 1. The van der Waals surface area contributed by atoms with Crippen molar-refractivity contribution < 1.29 is 14.6 Å². The molecule has 1 saturated heterocycles. The molecule has 86 valence electrons. The van der Waals surface area contributed by atoms with Gasteiger partial charge < -0.3 is 9.84 Å². The zero-order valence-corrected chi connectivity index (χ0v) is 10.0. The Kier molecular flexibility index (Phi) is 2.95. The van der Waals surface area contributed by atoms with E-state index in [0.717, 1.165) is 4.90 Å². The maximum Gasteiger partial charge on any atom is 0.322 e. The van der Waals surface area contributed by atoms with Gasteiger partial charge >= 0.3 is 5.97 Å². The second-order valence-electron chi connectivity index (χ2n) is 4.12. The summed E-state index contributed by atoms with van der Waals surface area (Å²) in [6.07, 6.45) is -0.457. The minimum atomic E-state index is -1.11. The van der Waals surface area contributed by atoms with Gasteiger partial charge in [-0.25, -0.2) is 0 Å². The van der Waals surface area contributed by atoms with Crippen molar-refractivity contribution in [3.8, 4) is 0 Å². The van der Waals surface area contributed by atoms with Gasteiger partial charge in [-0.05, 0) is 26.0 Å². The first-order valence-electron chi connectivity index (χ1n) is 5.16. The fraction of sp³-hybridized carbons (Fsp3) is 0.417. The lowest BCUT2D eigenvalue weighted by molar-refractivity contribution is -0.141. The van der Waals surface area contributed by atoms with Gasteiger partial charge in [-0.15, -0.1) is 11.8 Å². The molecule has 0 amide bonds. The predicted molar refractivity (Wildman–Crippen MR) is 62.3 cm³/mol. The Bertz CT molecular complexity index is 389. The highest BCUT2D eigenvalue weighted by Gasteiger charge is 2.51. The molecule has 1 aliphatic rings. The summed E-state index contributed by atoms with van der Waals surface area (Å²) in [6.45, 7) is 3.35. The number of thioether (sulfide) groups is 1. The van der Waals surface area contributed by atoms with Crippen LogP contribution in [-0.2, 0) is 9.53 Å². The molecule has 1 aliphatic heterocycles. The molecule has 0 bridgehead atoms. The molecule has 4 heteroatoms. The number of carbonyl (C=O) groups excluding carboxylic acids is 1. The van der Waals surface area contributed by atoms with Crippen molar-refractivity contribution >= 4 is 17.7 Å². The summed E-state index contributed by atoms with van der Waals surface area (Å²) >= 11 is 1.35. The van der Waals surface area contributed by atoms with Gasteiger partial charge in [0.1, 0.15) is 17.0 Å². The van der Waals surface area contributed by atoms with Gasteiger partial charge in [-0.3, -0.25) is 4.79 Å². The van der Waals surface area contributed by atoms with Gasteiger partial charge in [0, 0.05) is 4.90 Å². The lowest BCUT2D eigenvalue weighted by atomic mass is 9.99. The van der Waals surface area contributed by atoms with Crippen LogP contribution in [-0.4, -0.2) is 28.0 Å². The Labute approximate surface area is 98.8 Å². The number of aliphatic hydroxyl groups is 1. The van der Waals surface area contributed by atoms with Crippen LogP contribution in [0.4, 0.5) is 0 Å². The average molecular weight is 238 g/mol. The highest BCUT2D eigenvalue weighted by atomic mass is 32.2. The standard InChI is InChI=1S/C12H14O3S/c1-8-12(2,14)10(11(13)15-8)16-9-6-4-3-5-7-9/h3-8,10,14H,1-2H3/t8-,10-,12+/m0/s1. The molecule has 0 radical (unpaired) electrons. The van der Waals surface area contributed by atoms with Gasteiger partial charge in [0.25, 0.3) is 0 Å². The van der Waals surface area contributed by atoms with Crippen molar-refractivity contribution in [2.75, 3.05) is 0 Å². The summed E-state index contributed by atoms with van der Waals surface area (Å²) in [5.41, 5.74) is -1.11. The van der Waals surface area contributed by atoms with Crippen molar-refractivity contribution in [2.24, 2.45) is 0 Å². The highest BCUT2D eigenvalue weighted by molar-refractivity contribution is 8.00. The molecule has 0 aromatic heterocycles. The summed E-state index contributed by atoms with van der Waals surface area (Å²) in [5, 5.41) is 9.64. The van der Waals surface area contributed by atoms with E-state index in [9.17, 15) is 9.90 Å². The van der Waals surface area contributed by atoms with Crippen LogP contribution in [0.25, 0.3) is 0 Å². The Hall–Kier alpha value is -1.00. The van der Waals surface area contributed by atoms with E-state index < -0.39 is 17.0 Å². The van der Waals surface area contributed by atoms with Gasteiger partial charge in [0.2, 0.25) is 0 Å². The van der Waals surface area contributed by atoms with Gasteiger partial charge in [0.15, 0.2) is 0 Å². The third-order valence-corrected chi connectivity index (χ3v) is 4.31. The minimum absolute atomic E-state index is 0.341. The Balaban J connectivity index is 2.19. The third kappa shape index (κ3) is 1.95. The Morgan fingerprint density at radius 2 is 2.00 bits per heavy atom. The van der Waals surface area contributed by atoms with E-state index in [0.29, 0.717) is 0 Å². The number of cyclic esters (lactones) is 1. The monoisotopic (exact) mass is 238 g/mol. The van der Waals surface area contributed by atoms with E-state index in [2.05, 4.69) is 0 Å². The SMILES string of the molecule is C[C@@H]1OC(=O)[C@H](Sc2ccccc2)[C@]1(C)O. The smallest absolute Gasteiger partial charge is 0.322 e. The number of hydrogen-bond donors (Lipinski definition) is 1. The van der Waals surface area contributed by atoms with Gasteiger partial charge in [0.05, 0.1) is 0 Å². The second-order valence-corrected chi connectivity index (χ2v) is 5.29. The molecule has 1 heterocycles. The minimum Gasteiger partial charge on any atom is -0.459 e. The van der Waals surface area contributed by atoms with Crippen LogP contribution in [0.1, 0.15) is 13.8 Å². The zero-order chi connectivity index (χ0) is 11.8. The van der Waals surface area contributed by atoms with E-state index >= 15 is 0 Å². The molecule has 1 aromatic rings. The first-order chi connectivity index (χ1) is 7.51. The maximum absolute atomic E-state index is 11.6. The van der Waals surface area contributed by atoms with E-state index in [1.807, 2.05) is 30.3 Å². The average Bonchev–Trinajstić information content (AvgIpc) is 2.43. The van der Waals surface area contributed by atoms with Crippen LogP contribution in [0.3, 0.4) is 0 Å². The number of hydrogen-bond acceptors (Lipinski definition) is 4. The molecule has 0 aliphatic carbocycles. The van der Waals surface area contributed by atoms with Crippen LogP contribution < -0.4 is 0 Å². The third-order valence-electron chi connectivity index (χ3n) is 2.86. The molecule has 16 heavy (non-hydrogen) atoms. The molecular formula is C12H14O3S. The van der Waals surface area contributed by atoms with Crippen LogP contribution >= 0.6 is 11.8 Å². The molecule has 1 fully saturated rings. The van der Waals surface area contributed by atoms with Crippen LogP contribution in [0, 0.1) is 0 Å². The number of carbonyl (C=O) groups is 1. The maximum atomic E-state index is 11.6. The van der Waals surface area contributed by atoms with Crippen molar-refractivity contribution in [3.63, 3.8) is 0 Å². The van der Waals surface area contributed by atoms with Gasteiger partial charge in [-0.1, -0.05) is 18.2 Å². The highest BCUT2D eigenvalue weighted by Crippen LogP contribution is 2.38. The van der Waals surface area contributed by atoms with Crippen molar-refractivity contribution in [3.05, 3.63) is 30.3 Å². The molecule has 3 atom stereocenters. The van der Waals surface area contributed by atoms with Crippen molar-refractivity contribution in [2.45, 2.75) is 35.7 Å². The Morgan fingerprint density at radius 1 is 1.38 bits per heavy atom. The van der Waals surface area contributed by atoms with E-state index in [4.69, 9.17) is 4.74 Å². The van der Waals surface area contributed by atoms with E-state index in [1.165, 1.54) is 11.8 Å². The molecule has 0 spiro atoms. The van der Waals surface area contributed by atoms with E-state index in [-0.39, 0.29) is 5.97 Å². The molecule has 1 aromatic carbocycles. The topological polar surface area (TPSA) is 46.5 Å². The summed E-state index contributed by atoms with van der Waals surface area (Å²) in [4.78, 5) is 12.6. The zero-order valence-electron chi connectivity index (χ0n) is 9.21. The van der Waals surface area contributed by atoms with Gasteiger partial charge in [-0.2, -0.15) is 0 Å². The van der Waals surface area contributed by atoms with Crippen LogP contribution in [0.5, 0.6) is 0 Å². The fourth-order valence-electron chi connectivity index (χ4n) is 1.61. The Morgan fingerprint density at radius 3 is 2.50 bits per heavy atom. The number of ether oxygens (including phenoxy) is 1. The molecular weight excluding hydrogens is 224 g/mol. The van der Waals surface area contributed by atoms with Crippen LogP contribution in [0.2, 0.25) is 0 Å². The molecule has 0 unspecified atom stereocenters. The quantitative estimate of drug-likeness (QED) is 0.799. The lowest BCUT2D eigenvalue weighted by Crippen LogP contribution is -2.41. The molecule has 1 N–H and O–H groups in total. The number of rotatable bonds is 2. The van der Waals surface area contributed by atoms with E-state index in [1.54, 1.807) is 13.8 Å². The normalized spacial score (nSPS) is 33.8. The second kappa shape index (κ2) is 4.11. The first kappa shape index (κ1) is 11.5. The molecule has 3 nitrogen and oxygen atoms in total. The first-order valence-corrected chi connectivity index (χ1v) is 6.04. The van der Waals surface area contributed by atoms with Crippen molar-refractivity contribution in [1.29, 1.82) is 0 Å². The largest absolute Gasteiger partial charge is 0.459 e. The molecule has 2 rings (SSSR count). The number of esters is 1. The van der Waals surface area contributed by atoms with Crippen LogP contribution in [0.15, 0.2) is 35.2 Å². The van der Waals surface area contributed by atoms with Crippen molar-refractivity contribution in [1.82, 2.24) is 0 Å².